The number of benzene rings is 1. The average molecular weight is 429 g/mol. The van der Waals surface area contributed by atoms with Crippen LogP contribution in [0.4, 0.5) is 0 Å². The molecule has 2 aromatic rings. The van der Waals surface area contributed by atoms with Gasteiger partial charge >= 0.3 is 11.8 Å². The SMILES string of the molecule is CC(C)CNC(=O)C(=O)NC[C@H](c1cccs1)S(=O)(=O)c1ccc(Cl)cc1. The van der Waals surface area contributed by atoms with Crippen molar-refractivity contribution in [3.05, 3.63) is 51.7 Å². The molecule has 2 amide bonds. The van der Waals surface area contributed by atoms with Crippen LogP contribution in [0.25, 0.3) is 0 Å². The maximum atomic E-state index is 13.1. The van der Waals surface area contributed by atoms with E-state index >= 15 is 0 Å². The predicted octanol–water partition coefficient (Wildman–Crippen LogP) is 2.80. The minimum absolute atomic E-state index is 0.101. The number of rotatable bonds is 7. The third-order valence-electron chi connectivity index (χ3n) is 3.70. The van der Waals surface area contributed by atoms with Gasteiger partial charge in [-0.25, -0.2) is 8.42 Å². The van der Waals surface area contributed by atoms with Gasteiger partial charge in [0, 0.05) is 23.0 Å². The van der Waals surface area contributed by atoms with E-state index in [2.05, 4.69) is 10.6 Å². The number of thiophene rings is 1. The van der Waals surface area contributed by atoms with Crippen molar-refractivity contribution < 1.29 is 18.0 Å². The zero-order valence-electron chi connectivity index (χ0n) is 14.9. The maximum Gasteiger partial charge on any atom is 0.309 e. The zero-order chi connectivity index (χ0) is 20.0. The molecule has 0 bridgehead atoms. The highest BCUT2D eigenvalue weighted by Crippen LogP contribution is 2.31. The van der Waals surface area contributed by atoms with Crippen LogP contribution >= 0.6 is 22.9 Å². The fourth-order valence-electron chi connectivity index (χ4n) is 2.27. The molecule has 0 aliphatic heterocycles. The van der Waals surface area contributed by atoms with Gasteiger partial charge in [-0.05, 0) is 41.6 Å². The highest BCUT2D eigenvalue weighted by Gasteiger charge is 2.31. The van der Waals surface area contributed by atoms with Crippen molar-refractivity contribution in [2.45, 2.75) is 24.0 Å². The molecule has 1 atom stereocenters. The van der Waals surface area contributed by atoms with E-state index in [1.165, 1.54) is 35.6 Å². The maximum absolute atomic E-state index is 13.1. The summed E-state index contributed by atoms with van der Waals surface area (Å²) in [7, 11) is -3.78. The van der Waals surface area contributed by atoms with Crippen molar-refractivity contribution in [2.75, 3.05) is 13.1 Å². The van der Waals surface area contributed by atoms with Crippen molar-refractivity contribution in [3.63, 3.8) is 0 Å². The lowest BCUT2D eigenvalue weighted by molar-refractivity contribution is -0.139. The van der Waals surface area contributed by atoms with Crippen LogP contribution in [0.1, 0.15) is 24.0 Å². The normalized spacial score (nSPS) is 12.6. The van der Waals surface area contributed by atoms with Crippen LogP contribution in [0.3, 0.4) is 0 Å². The minimum Gasteiger partial charge on any atom is -0.348 e. The first kappa shape index (κ1) is 21.4. The lowest BCUT2D eigenvalue weighted by Gasteiger charge is -2.17. The zero-order valence-corrected chi connectivity index (χ0v) is 17.3. The molecule has 0 aliphatic carbocycles. The van der Waals surface area contributed by atoms with Crippen molar-refractivity contribution >= 4 is 44.6 Å². The Kier molecular flexibility index (Phi) is 7.41. The van der Waals surface area contributed by atoms with E-state index in [9.17, 15) is 18.0 Å². The predicted molar refractivity (Wildman–Crippen MR) is 107 cm³/mol. The Hall–Kier alpha value is -1.90. The van der Waals surface area contributed by atoms with Crippen molar-refractivity contribution in [2.24, 2.45) is 5.92 Å². The summed E-state index contributed by atoms with van der Waals surface area (Å²) >= 11 is 7.11. The molecule has 0 unspecified atom stereocenters. The van der Waals surface area contributed by atoms with E-state index < -0.39 is 26.9 Å². The van der Waals surface area contributed by atoms with Crippen LogP contribution in [-0.4, -0.2) is 33.3 Å². The third kappa shape index (κ3) is 5.79. The highest BCUT2D eigenvalue weighted by molar-refractivity contribution is 7.91. The molecule has 146 valence electrons. The molecule has 0 saturated carbocycles. The van der Waals surface area contributed by atoms with Crippen LogP contribution in [0.5, 0.6) is 0 Å². The minimum atomic E-state index is -3.78. The van der Waals surface area contributed by atoms with Gasteiger partial charge in [-0.3, -0.25) is 9.59 Å². The number of carbonyl (C=O) groups excluding carboxylic acids is 2. The van der Waals surface area contributed by atoms with Gasteiger partial charge in [-0.1, -0.05) is 31.5 Å². The van der Waals surface area contributed by atoms with Crippen LogP contribution in [0.2, 0.25) is 5.02 Å². The van der Waals surface area contributed by atoms with Gasteiger partial charge in [0.2, 0.25) is 0 Å². The Morgan fingerprint density at radius 1 is 1.04 bits per heavy atom. The Bertz CT molecular complexity index is 879. The molecule has 0 fully saturated rings. The summed E-state index contributed by atoms with van der Waals surface area (Å²) in [6, 6.07) is 9.27. The molecule has 1 heterocycles. The van der Waals surface area contributed by atoms with Gasteiger partial charge in [0.05, 0.1) is 4.90 Å². The van der Waals surface area contributed by atoms with E-state index in [-0.39, 0.29) is 17.4 Å². The molecular weight excluding hydrogens is 408 g/mol. The molecule has 0 aliphatic rings. The second kappa shape index (κ2) is 9.34. The smallest absolute Gasteiger partial charge is 0.309 e. The summed E-state index contributed by atoms with van der Waals surface area (Å²) in [6.07, 6.45) is 0. The van der Waals surface area contributed by atoms with E-state index in [1.807, 2.05) is 13.8 Å². The largest absolute Gasteiger partial charge is 0.348 e. The number of nitrogens with one attached hydrogen (secondary N) is 2. The number of halogens is 1. The molecule has 0 radical (unpaired) electrons. The van der Waals surface area contributed by atoms with Gasteiger partial charge in [-0.2, -0.15) is 0 Å². The second-order valence-electron chi connectivity index (χ2n) is 6.32. The first-order valence-electron chi connectivity index (χ1n) is 8.30. The Balaban J connectivity index is 2.17. The summed E-state index contributed by atoms with van der Waals surface area (Å²) in [5.74, 6) is -1.44. The van der Waals surface area contributed by atoms with Gasteiger partial charge in [0.1, 0.15) is 5.25 Å². The van der Waals surface area contributed by atoms with Gasteiger partial charge < -0.3 is 10.6 Å². The Morgan fingerprint density at radius 2 is 1.63 bits per heavy atom. The lowest BCUT2D eigenvalue weighted by atomic mass is 10.2. The number of hydrogen-bond acceptors (Lipinski definition) is 5. The van der Waals surface area contributed by atoms with Crippen LogP contribution in [0.15, 0.2) is 46.7 Å². The van der Waals surface area contributed by atoms with Gasteiger partial charge in [0.25, 0.3) is 0 Å². The molecule has 1 aromatic carbocycles. The standard InChI is InChI=1S/C18H21ClN2O4S2/c1-12(2)10-20-17(22)18(23)21-11-16(15-4-3-9-26-15)27(24,25)14-7-5-13(19)6-8-14/h3-9,12,16H,10-11H2,1-2H3,(H,20,22)(H,21,23)/t16-/m1/s1. The molecule has 27 heavy (non-hydrogen) atoms. The van der Waals surface area contributed by atoms with Crippen molar-refractivity contribution in [1.82, 2.24) is 10.6 Å². The first-order chi connectivity index (χ1) is 12.7. The van der Waals surface area contributed by atoms with E-state index in [0.29, 0.717) is 16.4 Å². The molecule has 2 rings (SSSR count). The summed E-state index contributed by atoms with van der Waals surface area (Å²) in [5.41, 5.74) is 0. The number of amides is 2. The fraction of sp³-hybridized carbons (Fsp3) is 0.333. The van der Waals surface area contributed by atoms with Gasteiger partial charge in [0.15, 0.2) is 9.84 Å². The number of sulfone groups is 1. The van der Waals surface area contributed by atoms with E-state index in [0.717, 1.165) is 0 Å². The lowest BCUT2D eigenvalue weighted by Crippen LogP contribution is -2.43. The molecule has 9 heteroatoms. The summed E-state index contributed by atoms with van der Waals surface area (Å²) in [4.78, 5) is 24.5. The molecule has 6 nitrogen and oxygen atoms in total. The third-order valence-corrected chi connectivity index (χ3v) is 7.19. The molecule has 1 aromatic heterocycles. The quantitative estimate of drug-likeness (QED) is 0.663. The highest BCUT2D eigenvalue weighted by atomic mass is 35.5. The second-order valence-corrected chi connectivity index (χ2v) is 9.86. The average Bonchev–Trinajstić information content (AvgIpc) is 3.14. The summed E-state index contributed by atoms with van der Waals surface area (Å²) in [6.45, 7) is 3.97. The van der Waals surface area contributed by atoms with E-state index in [4.69, 9.17) is 11.6 Å². The van der Waals surface area contributed by atoms with Crippen molar-refractivity contribution in [1.29, 1.82) is 0 Å². The molecule has 2 N–H and O–H groups in total. The van der Waals surface area contributed by atoms with Gasteiger partial charge in [-0.15, -0.1) is 11.3 Å². The summed E-state index contributed by atoms with van der Waals surface area (Å²) < 4.78 is 26.1. The van der Waals surface area contributed by atoms with Crippen LogP contribution in [0, 0.1) is 5.92 Å². The Labute approximate surface area is 167 Å². The summed E-state index contributed by atoms with van der Waals surface area (Å²) in [5, 5.41) is 6.13. The molecular formula is C18H21ClN2O4S2. The fourth-order valence-corrected chi connectivity index (χ4v) is 5.18. The topological polar surface area (TPSA) is 92.3 Å². The monoisotopic (exact) mass is 428 g/mol. The van der Waals surface area contributed by atoms with E-state index in [1.54, 1.807) is 17.5 Å². The Morgan fingerprint density at radius 3 is 2.15 bits per heavy atom. The van der Waals surface area contributed by atoms with Crippen LogP contribution in [-0.2, 0) is 19.4 Å². The van der Waals surface area contributed by atoms with Crippen LogP contribution < -0.4 is 10.6 Å². The number of hydrogen-bond donors (Lipinski definition) is 2. The van der Waals surface area contributed by atoms with Crippen molar-refractivity contribution in [3.8, 4) is 0 Å². The molecule has 0 spiro atoms. The first-order valence-corrected chi connectivity index (χ1v) is 11.1. The molecule has 0 saturated heterocycles. The number of carbonyl (C=O) groups is 2.